The highest BCUT2D eigenvalue weighted by atomic mass is 16.3. The summed E-state index contributed by atoms with van der Waals surface area (Å²) in [7, 11) is 0. The first-order valence-corrected chi connectivity index (χ1v) is 5.23. The monoisotopic (exact) mass is 189 g/mol. The Morgan fingerprint density at radius 3 is 2.46 bits per heavy atom. The van der Waals surface area contributed by atoms with Crippen molar-refractivity contribution in [3.05, 3.63) is 0 Å². The summed E-state index contributed by atoms with van der Waals surface area (Å²) in [6.45, 7) is 5.73. The van der Waals surface area contributed by atoms with Gasteiger partial charge in [-0.15, -0.1) is 0 Å². The van der Waals surface area contributed by atoms with Crippen molar-refractivity contribution in [3.8, 4) is 0 Å². The lowest BCUT2D eigenvalue weighted by atomic mass is 10.1. The minimum Gasteiger partial charge on any atom is -0.393 e. The highest BCUT2D eigenvalue weighted by Gasteiger charge is 2.06. The molecule has 80 valence electrons. The molecule has 2 atom stereocenters. The van der Waals surface area contributed by atoms with Crippen LogP contribution in [0.4, 0.5) is 0 Å². The van der Waals surface area contributed by atoms with Crippen LogP contribution >= 0.6 is 0 Å². The second kappa shape index (κ2) is 8.48. The average Bonchev–Trinajstić information content (AvgIpc) is 2.02. The van der Waals surface area contributed by atoms with Gasteiger partial charge in [-0.05, 0) is 39.3 Å². The Labute approximate surface area is 81.2 Å². The summed E-state index contributed by atoms with van der Waals surface area (Å²) in [5.41, 5.74) is 0. The van der Waals surface area contributed by atoms with Gasteiger partial charge in [-0.25, -0.2) is 0 Å². The molecule has 0 aromatic carbocycles. The Morgan fingerprint density at radius 2 is 1.92 bits per heavy atom. The maximum atomic E-state index is 9.38. The Kier molecular flexibility index (Phi) is 8.40. The van der Waals surface area contributed by atoms with Crippen LogP contribution in [0.1, 0.15) is 39.5 Å². The molecule has 0 bridgehead atoms. The highest BCUT2D eigenvalue weighted by molar-refractivity contribution is 4.61. The van der Waals surface area contributed by atoms with E-state index >= 15 is 0 Å². The molecule has 13 heavy (non-hydrogen) atoms. The molecular weight excluding hydrogens is 166 g/mol. The van der Waals surface area contributed by atoms with E-state index in [0.717, 1.165) is 19.5 Å². The van der Waals surface area contributed by atoms with E-state index in [1.807, 2.05) is 0 Å². The van der Waals surface area contributed by atoms with E-state index < -0.39 is 6.10 Å². The number of nitrogens with one attached hydrogen (secondary N) is 1. The molecule has 3 heteroatoms. The van der Waals surface area contributed by atoms with Gasteiger partial charge >= 0.3 is 0 Å². The van der Waals surface area contributed by atoms with E-state index in [-0.39, 0.29) is 6.10 Å². The number of aliphatic hydroxyl groups excluding tert-OH is 2. The lowest BCUT2D eigenvalue weighted by Gasteiger charge is -2.12. The van der Waals surface area contributed by atoms with Crippen molar-refractivity contribution in [1.82, 2.24) is 5.32 Å². The summed E-state index contributed by atoms with van der Waals surface area (Å²) in [4.78, 5) is 0. The van der Waals surface area contributed by atoms with Gasteiger partial charge in [0.1, 0.15) is 0 Å². The van der Waals surface area contributed by atoms with Gasteiger partial charge in [-0.3, -0.25) is 0 Å². The third-order valence-electron chi connectivity index (χ3n) is 1.97. The summed E-state index contributed by atoms with van der Waals surface area (Å²) in [5, 5.41) is 21.6. The SMILES string of the molecule is CCCCNCCC(O)CC(C)O. The summed E-state index contributed by atoms with van der Waals surface area (Å²) in [6, 6.07) is 0. The zero-order valence-electron chi connectivity index (χ0n) is 8.79. The Bertz CT molecular complexity index is 107. The third kappa shape index (κ3) is 9.80. The summed E-state index contributed by atoms with van der Waals surface area (Å²) < 4.78 is 0. The van der Waals surface area contributed by atoms with Gasteiger partial charge in [-0.1, -0.05) is 13.3 Å². The Balaban J connectivity index is 3.12. The minimum atomic E-state index is -0.398. The van der Waals surface area contributed by atoms with E-state index in [2.05, 4.69) is 12.2 Å². The number of hydrogen-bond donors (Lipinski definition) is 3. The highest BCUT2D eigenvalue weighted by Crippen LogP contribution is 2.00. The normalized spacial score (nSPS) is 15.7. The number of hydrogen-bond acceptors (Lipinski definition) is 3. The van der Waals surface area contributed by atoms with Gasteiger partial charge in [0, 0.05) is 0 Å². The lowest BCUT2D eigenvalue weighted by Crippen LogP contribution is -2.23. The maximum absolute atomic E-state index is 9.38. The van der Waals surface area contributed by atoms with Crippen LogP contribution in [-0.2, 0) is 0 Å². The Morgan fingerprint density at radius 1 is 1.23 bits per heavy atom. The molecule has 0 saturated carbocycles. The third-order valence-corrected chi connectivity index (χ3v) is 1.97. The fraction of sp³-hybridized carbons (Fsp3) is 1.00. The van der Waals surface area contributed by atoms with E-state index in [4.69, 9.17) is 5.11 Å². The van der Waals surface area contributed by atoms with Crippen molar-refractivity contribution in [3.63, 3.8) is 0 Å². The quantitative estimate of drug-likeness (QED) is 0.497. The second-order valence-corrected chi connectivity index (χ2v) is 3.63. The molecule has 0 radical (unpaired) electrons. The Hall–Kier alpha value is -0.120. The first-order chi connectivity index (χ1) is 6.16. The van der Waals surface area contributed by atoms with Gasteiger partial charge in [0.2, 0.25) is 0 Å². The fourth-order valence-corrected chi connectivity index (χ4v) is 1.21. The zero-order chi connectivity index (χ0) is 10.1. The largest absolute Gasteiger partial charge is 0.393 e. The zero-order valence-corrected chi connectivity index (χ0v) is 8.79. The molecule has 0 aliphatic rings. The molecule has 0 saturated heterocycles. The van der Waals surface area contributed by atoms with Crippen LogP contribution in [0, 0.1) is 0 Å². The molecule has 0 aromatic heterocycles. The van der Waals surface area contributed by atoms with Gasteiger partial charge in [0.05, 0.1) is 12.2 Å². The molecule has 0 aliphatic carbocycles. The minimum absolute atomic E-state index is 0.367. The predicted molar refractivity (Wildman–Crippen MR) is 54.7 cm³/mol. The number of unbranched alkanes of at least 4 members (excludes halogenated alkanes) is 1. The van der Waals surface area contributed by atoms with Crippen LogP contribution in [0.5, 0.6) is 0 Å². The first kappa shape index (κ1) is 12.9. The standard InChI is InChI=1S/C10H23NO2/c1-3-4-6-11-7-5-10(13)8-9(2)12/h9-13H,3-8H2,1-2H3. The molecule has 0 fully saturated rings. The van der Waals surface area contributed by atoms with Gasteiger partial charge in [0.25, 0.3) is 0 Å². The fourth-order valence-electron chi connectivity index (χ4n) is 1.21. The van der Waals surface area contributed by atoms with E-state index in [1.165, 1.54) is 12.8 Å². The molecule has 0 aromatic rings. The molecule has 0 heterocycles. The summed E-state index contributed by atoms with van der Waals surface area (Å²) in [6.07, 6.45) is 2.83. The van der Waals surface area contributed by atoms with Gasteiger partial charge in [-0.2, -0.15) is 0 Å². The van der Waals surface area contributed by atoms with Crippen LogP contribution in [0.2, 0.25) is 0 Å². The van der Waals surface area contributed by atoms with Crippen molar-refractivity contribution in [2.75, 3.05) is 13.1 Å². The maximum Gasteiger partial charge on any atom is 0.0576 e. The van der Waals surface area contributed by atoms with Crippen molar-refractivity contribution in [2.45, 2.75) is 51.7 Å². The van der Waals surface area contributed by atoms with Crippen molar-refractivity contribution < 1.29 is 10.2 Å². The summed E-state index contributed by atoms with van der Waals surface area (Å²) >= 11 is 0. The molecular formula is C10H23NO2. The smallest absolute Gasteiger partial charge is 0.0576 e. The lowest BCUT2D eigenvalue weighted by molar-refractivity contribution is 0.0853. The number of rotatable bonds is 8. The van der Waals surface area contributed by atoms with E-state index in [9.17, 15) is 5.11 Å². The summed E-state index contributed by atoms with van der Waals surface area (Å²) in [5.74, 6) is 0. The van der Waals surface area contributed by atoms with E-state index in [1.54, 1.807) is 6.92 Å². The molecule has 0 amide bonds. The molecule has 3 nitrogen and oxygen atoms in total. The van der Waals surface area contributed by atoms with Crippen molar-refractivity contribution in [2.24, 2.45) is 0 Å². The van der Waals surface area contributed by atoms with Crippen LogP contribution in [0.15, 0.2) is 0 Å². The molecule has 2 unspecified atom stereocenters. The van der Waals surface area contributed by atoms with Crippen LogP contribution in [-0.4, -0.2) is 35.5 Å². The molecule has 0 rings (SSSR count). The van der Waals surface area contributed by atoms with Crippen molar-refractivity contribution >= 4 is 0 Å². The molecule has 3 N–H and O–H groups in total. The second-order valence-electron chi connectivity index (χ2n) is 3.63. The van der Waals surface area contributed by atoms with Crippen molar-refractivity contribution in [1.29, 1.82) is 0 Å². The van der Waals surface area contributed by atoms with Crippen LogP contribution < -0.4 is 5.32 Å². The van der Waals surface area contributed by atoms with Crippen LogP contribution in [0.25, 0.3) is 0 Å². The topological polar surface area (TPSA) is 52.5 Å². The van der Waals surface area contributed by atoms with E-state index in [0.29, 0.717) is 6.42 Å². The number of aliphatic hydroxyl groups is 2. The van der Waals surface area contributed by atoms with Gasteiger partial charge < -0.3 is 15.5 Å². The van der Waals surface area contributed by atoms with Crippen LogP contribution in [0.3, 0.4) is 0 Å². The molecule has 0 aliphatic heterocycles. The first-order valence-electron chi connectivity index (χ1n) is 5.23. The van der Waals surface area contributed by atoms with Gasteiger partial charge in [0.15, 0.2) is 0 Å². The average molecular weight is 189 g/mol. The molecule has 0 spiro atoms. The predicted octanol–water partition coefficient (Wildman–Crippen LogP) is 0.898.